The Morgan fingerprint density at radius 2 is 1.90 bits per heavy atom. The second-order valence-electron chi connectivity index (χ2n) is 11.5. The number of nitrogens with zero attached hydrogens (tertiary/aromatic N) is 2. The molecule has 2 N–H and O–H groups in total. The van der Waals surface area contributed by atoms with Gasteiger partial charge in [0, 0.05) is 36.0 Å². The number of fused-ring (bicyclic) bond motifs is 1. The van der Waals surface area contributed by atoms with Crippen molar-refractivity contribution in [3.8, 4) is 6.07 Å². The number of hydrogen-bond acceptors (Lipinski definition) is 6. The van der Waals surface area contributed by atoms with E-state index >= 15 is 0 Å². The van der Waals surface area contributed by atoms with E-state index in [9.17, 15) is 28.6 Å². The monoisotopic (exact) mass is 542 g/mol. The number of aliphatic hydroxyl groups is 2. The Morgan fingerprint density at radius 3 is 2.54 bits per heavy atom. The highest BCUT2D eigenvalue weighted by Crippen LogP contribution is 2.49. The zero-order valence-corrected chi connectivity index (χ0v) is 22.1. The molecule has 0 saturated carbocycles. The van der Waals surface area contributed by atoms with Crippen LogP contribution in [-0.4, -0.2) is 41.6 Å². The molecule has 3 aliphatic rings. The molecule has 39 heavy (non-hydrogen) atoms. The van der Waals surface area contributed by atoms with Crippen LogP contribution in [0, 0.1) is 16.7 Å². The van der Waals surface area contributed by atoms with Crippen LogP contribution in [-0.2, 0) is 22.1 Å². The van der Waals surface area contributed by atoms with E-state index in [1.807, 2.05) is 6.08 Å². The molecule has 3 heterocycles. The maximum Gasteiger partial charge on any atom is 0.417 e. The number of pyridine rings is 1. The average molecular weight is 543 g/mol. The molecular weight excluding hydrogens is 509 g/mol. The number of aliphatic hydroxyl groups excluding tert-OH is 2. The largest absolute Gasteiger partial charge is 0.417 e. The SMILES string of the molecule is CC1(C)Cc2nc(C3CCOCC3)c([C@@H](O)c3ccc(C(F)(F)F)c(C#N)c3)c(C3=CCOCC3)c2C(O)C1. The summed E-state index contributed by atoms with van der Waals surface area (Å²) >= 11 is 0. The normalized spacial score (nSPS) is 22.5. The number of rotatable bonds is 4. The van der Waals surface area contributed by atoms with Gasteiger partial charge in [-0.25, -0.2) is 0 Å². The summed E-state index contributed by atoms with van der Waals surface area (Å²) in [5.74, 6) is -0.0278. The third-order valence-electron chi connectivity index (χ3n) is 8.06. The lowest BCUT2D eigenvalue weighted by molar-refractivity contribution is -0.137. The molecule has 0 spiro atoms. The first-order chi connectivity index (χ1) is 18.5. The Balaban J connectivity index is 1.77. The fourth-order valence-electron chi connectivity index (χ4n) is 6.23. The summed E-state index contributed by atoms with van der Waals surface area (Å²) in [4.78, 5) is 5.11. The maximum atomic E-state index is 13.5. The Bertz CT molecular complexity index is 1320. The molecule has 2 aromatic rings. The van der Waals surface area contributed by atoms with E-state index in [2.05, 4.69) is 13.8 Å². The Labute approximate surface area is 226 Å². The number of hydrogen-bond donors (Lipinski definition) is 2. The number of ether oxygens (including phenoxy) is 2. The van der Waals surface area contributed by atoms with Crippen LogP contribution in [0.1, 0.15) is 102 Å². The predicted octanol–water partition coefficient (Wildman–Crippen LogP) is 5.76. The van der Waals surface area contributed by atoms with Gasteiger partial charge in [-0.1, -0.05) is 26.0 Å². The minimum atomic E-state index is -4.69. The molecule has 1 unspecified atom stereocenters. The van der Waals surface area contributed by atoms with Crippen LogP contribution in [0.2, 0.25) is 0 Å². The lowest BCUT2D eigenvalue weighted by Gasteiger charge is -2.39. The minimum Gasteiger partial charge on any atom is -0.388 e. The molecule has 6 nitrogen and oxygen atoms in total. The fourth-order valence-corrected chi connectivity index (χ4v) is 6.23. The number of benzene rings is 1. The van der Waals surface area contributed by atoms with Crippen molar-refractivity contribution in [1.29, 1.82) is 5.26 Å². The molecule has 1 fully saturated rings. The quantitative estimate of drug-likeness (QED) is 0.510. The molecule has 2 aliphatic heterocycles. The zero-order chi connectivity index (χ0) is 27.9. The first-order valence-corrected chi connectivity index (χ1v) is 13.4. The van der Waals surface area contributed by atoms with Crippen LogP contribution in [0.25, 0.3) is 5.57 Å². The van der Waals surface area contributed by atoms with Gasteiger partial charge in [0.2, 0.25) is 0 Å². The van der Waals surface area contributed by atoms with E-state index in [4.69, 9.17) is 14.5 Å². The standard InChI is InChI=1S/C30H33F3N2O4/c1-29(2)14-22-25(23(36)15-29)24(17-5-9-38-10-6-17)26(27(35-22)18-7-11-39-12-8-18)28(37)19-3-4-21(30(31,32)33)20(13-19)16-34/h3-5,13,18,23,28,36-37H,6-12,14-15H2,1-2H3/t23?,28-/m0/s1. The zero-order valence-electron chi connectivity index (χ0n) is 22.1. The Morgan fingerprint density at radius 1 is 1.15 bits per heavy atom. The van der Waals surface area contributed by atoms with E-state index in [0.717, 1.165) is 29.0 Å². The van der Waals surface area contributed by atoms with E-state index in [1.165, 1.54) is 6.07 Å². The van der Waals surface area contributed by atoms with E-state index < -0.39 is 29.5 Å². The average Bonchev–Trinajstić information content (AvgIpc) is 2.91. The van der Waals surface area contributed by atoms with Gasteiger partial charge >= 0.3 is 6.18 Å². The number of alkyl halides is 3. The second-order valence-corrected chi connectivity index (χ2v) is 11.5. The van der Waals surface area contributed by atoms with Crippen molar-refractivity contribution in [2.24, 2.45) is 5.41 Å². The molecule has 1 saturated heterocycles. The summed E-state index contributed by atoms with van der Waals surface area (Å²) in [6.07, 6.45) is -1.79. The number of halogens is 3. The lowest BCUT2D eigenvalue weighted by atomic mass is 9.70. The van der Waals surface area contributed by atoms with Gasteiger partial charge in [0.1, 0.15) is 6.10 Å². The highest BCUT2D eigenvalue weighted by molar-refractivity contribution is 5.75. The summed E-state index contributed by atoms with van der Waals surface area (Å²) in [6.45, 7) is 6.13. The molecule has 0 amide bonds. The van der Waals surface area contributed by atoms with Crippen molar-refractivity contribution in [1.82, 2.24) is 4.98 Å². The van der Waals surface area contributed by atoms with Gasteiger partial charge in [0.25, 0.3) is 0 Å². The van der Waals surface area contributed by atoms with Crippen LogP contribution in [0.4, 0.5) is 13.2 Å². The van der Waals surface area contributed by atoms with Crippen molar-refractivity contribution in [3.63, 3.8) is 0 Å². The first-order valence-electron chi connectivity index (χ1n) is 13.4. The molecule has 9 heteroatoms. The highest BCUT2D eigenvalue weighted by atomic mass is 19.4. The first kappa shape index (κ1) is 27.8. The van der Waals surface area contributed by atoms with Crippen molar-refractivity contribution in [2.75, 3.05) is 26.4 Å². The number of nitriles is 1. The molecule has 208 valence electrons. The second kappa shape index (κ2) is 10.7. The highest BCUT2D eigenvalue weighted by Gasteiger charge is 2.40. The van der Waals surface area contributed by atoms with Gasteiger partial charge in [0.15, 0.2) is 0 Å². The summed E-state index contributed by atoms with van der Waals surface area (Å²) < 4.78 is 51.7. The summed E-state index contributed by atoms with van der Waals surface area (Å²) in [7, 11) is 0. The van der Waals surface area contributed by atoms with Gasteiger partial charge in [0.05, 0.1) is 42.2 Å². The molecular formula is C30H33F3N2O4. The Kier molecular flexibility index (Phi) is 7.59. The van der Waals surface area contributed by atoms with Crippen LogP contribution >= 0.6 is 0 Å². The number of aromatic nitrogens is 1. The summed E-state index contributed by atoms with van der Waals surface area (Å²) in [6, 6.07) is 4.83. The van der Waals surface area contributed by atoms with E-state index in [1.54, 1.807) is 6.07 Å². The Hall–Kier alpha value is -2.77. The van der Waals surface area contributed by atoms with E-state index in [0.29, 0.717) is 75.4 Å². The van der Waals surface area contributed by atoms with Crippen molar-refractivity contribution >= 4 is 5.57 Å². The third kappa shape index (κ3) is 5.48. The van der Waals surface area contributed by atoms with Gasteiger partial charge in [-0.05, 0) is 66.4 Å². The van der Waals surface area contributed by atoms with Gasteiger partial charge in [-0.2, -0.15) is 18.4 Å². The molecule has 1 aromatic carbocycles. The van der Waals surface area contributed by atoms with Gasteiger partial charge < -0.3 is 19.7 Å². The van der Waals surface area contributed by atoms with E-state index in [-0.39, 0.29) is 16.9 Å². The summed E-state index contributed by atoms with van der Waals surface area (Å²) in [5.41, 5.74) is 2.71. The lowest BCUT2D eigenvalue weighted by Crippen LogP contribution is -2.30. The van der Waals surface area contributed by atoms with Crippen LogP contribution in [0.5, 0.6) is 0 Å². The smallest absolute Gasteiger partial charge is 0.388 e. The fraction of sp³-hybridized carbons (Fsp3) is 0.533. The van der Waals surface area contributed by atoms with Crippen molar-refractivity contribution < 1.29 is 32.9 Å². The van der Waals surface area contributed by atoms with Crippen LogP contribution in [0.15, 0.2) is 24.3 Å². The molecule has 1 aromatic heterocycles. The van der Waals surface area contributed by atoms with Gasteiger partial charge in [-0.3, -0.25) is 4.98 Å². The van der Waals surface area contributed by atoms with Crippen molar-refractivity contribution in [2.45, 2.75) is 70.3 Å². The molecule has 5 rings (SSSR count). The third-order valence-corrected chi connectivity index (χ3v) is 8.06. The summed E-state index contributed by atoms with van der Waals surface area (Å²) in [5, 5.41) is 32.8. The maximum absolute atomic E-state index is 13.5. The van der Waals surface area contributed by atoms with Crippen molar-refractivity contribution in [3.05, 3.63) is 69.0 Å². The molecule has 0 radical (unpaired) electrons. The topological polar surface area (TPSA) is 95.6 Å². The minimum absolute atomic E-state index is 0.0278. The van der Waals surface area contributed by atoms with Gasteiger partial charge in [-0.15, -0.1) is 0 Å². The predicted molar refractivity (Wildman–Crippen MR) is 138 cm³/mol. The molecule has 2 atom stereocenters. The molecule has 0 bridgehead atoms. The van der Waals surface area contributed by atoms with Crippen LogP contribution in [0.3, 0.4) is 0 Å². The molecule has 1 aliphatic carbocycles. The van der Waals surface area contributed by atoms with Crippen LogP contribution < -0.4 is 0 Å².